The number of carbonyl (C=O) groups is 1. The van der Waals surface area contributed by atoms with Crippen LogP contribution in [0.25, 0.3) is 0 Å². The van der Waals surface area contributed by atoms with E-state index in [9.17, 15) is 9.18 Å². The second kappa shape index (κ2) is 4.29. The van der Waals surface area contributed by atoms with Crippen LogP contribution in [0.3, 0.4) is 0 Å². The van der Waals surface area contributed by atoms with Gasteiger partial charge in [-0.05, 0) is 12.1 Å². The molecule has 2 aromatic rings. The molecule has 1 unspecified atom stereocenters. The number of hydrogen-bond acceptors (Lipinski definition) is 3. The fourth-order valence-corrected chi connectivity index (χ4v) is 1.57. The monoisotopic (exact) mass is 231 g/mol. The van der Waals surface area contributed by atoms with Gasteiger partial charge in [0.25, 0.3) is 11.6 Å². The van der Waals surface area contributed by atoms with Gasteiger partial charge in [-0.2, -0.15) is 10.2 Å². The van der Waals surface area contributed by atoms with Crippen LogP contribution in [0, 0.1) is 0 Å². The predicted molar refractivity (Wildman–Crippen MR) is 59.6 cm³/mol. The molecule has 0 fully saturated rings. The van der Waals surface area contributed by atoms with E-state index in [1.807, 2.05) is 0 Å². The summed E-state index contributed by atoms with van der Waals surface area (Å²) < 4.78 is 14.8. The van der Waals surface area contributed by atoms with Gasteiger partial charge in [0, 0.05) is 11.8 Å². The molecule has 0 saturated carbocycles. The molecule has 2 rings (SSSR count). The van der Waals surface area contributed by atoms with Crippen molar-refractivity contribution in [3.8, 4) is 0 Å². The van der Waals surface area contributed by atoms with Gasteiger partial charge in [0.2, 0.25) is 0 Å². The van der Waals surface area contributed by atoms with Crippen molar-refractivity contribution in [1.29, 1.82) is 0 Å². The summed E-state index contributed by atoms with van der Waals surface area (Å²) in [7, 11) is 0. The largest absolute Gasteiger partial charge is 0.366 e. The Balaban J connectivity index is 2.59. The number of primary amides is 1. The molecule has 1 aromatic carbocycles. The molecule has 1 heterocycles. The van der Waals surface area contributed by atoms with Crippen molar-refractivity contribution in [3.63, 3.8) is 0 Å². The molecule has 0 aliphatic carbocycles. The topological polar surface area (TPSA) is 68.9 Å². The van der Waals surface area contributed by atoms with Gasteiger partial charge in [0.15, 0.2) is 0 Å². The molecule has 0 saturated heterocycles. The summed E-state index contributed by atoms with van der Waals surface area (Å²) in [5.74, 6) is -1.11. The van der Waals surface area contributed by atoms with E-state index < -0.39 is 11.6 Å². The van der Waals surface area contributed by atoms with E-state index in [4.69, 9.17) is 5.73 Å². The van der Waals surface area contributed by atoms with Crippen LogP contribution < -0.4 is 5.73 Å². The van der Waals surface area contributed by atoms with Crippen LogP contribution in [0.4, 0.5) is 4.39 Å². The molecule has 5 heteroatoms. The fourth-order valence-electron chi connectivity index (χ4n) is 1.57. The van der Waals surface area contributed by atoms with Gasteiger partial charge in [0.1, 0.15) is 5.69 Å². The number of aromatic nitrogens is 2. The van der Waals surface area contributed by atoms with E-state index >= 15 is 0 Å². The first-order chi connectivity index (χ1) is 8.15. The summed E-state index contributed by atoms with van der Waals surface area (Å²) in [6.07, 6.45) is 1.40. The Kier molecular flexibility index (Phi) is 2.82. The highest BCUT2D eigenvalue weighted by Gasteiger charge is 2.42. The Hall–Kier alpha value is -2.30. The zero-order chi connectivity index (χ0) is 12.3. The quantitative estimate of drug-likeness (QED) is 0.862. The highest BCUT2D eigenvalue weighted by atomic mass is 19.1. The van der Waals surface area contributed by atoms with Crippen LogP contribution in [-0.4, -0.2) is 16.1 Å². The maximum atomic E-state index is 14.8. The standard InChI is InChI=1S/C12H10FN3O/c13-12(11(14)17,9-5-2-1-3-6-9)10-7-4-8-15-16-10/h1-8H,(H2,14,17). The lowest BCUT2D eigenvalue weighted by molar-refractivity contribution is -0.127. The van der Waals surface area contributed by atoms with Gasteiger partial charge in [-0.25, -0.2) is 4.39 Å². The molecule has 1 atom stereocenters. The first kappa shape index (κ1) is 11.2. The predicted octanol–water partition coefficient (Wildman–Crippen LogP) is 1.18. The van der Waals surface area contributed by atoms with Gasteiger partial charge >= 0.3 is 0 Å². The molecule has 0 bridgehead atoms. The fraction of sp³-hybridized carbons (Fsp3) is 0.0833. The molecule has 86 valence electrons. The molecule has 1 amide bonds. The molecular formula is C12H10FN3O. The number of alkyl halides is 1. The molecule has 2 N–H and O–H groups in total. The molecule has 0 aliphatic rings. The van der Waals surface area contributed by atoms with Crippen LogP contribution >= 0.6 is 0 Å². The van der Waals surface area contributed by atoms with Crippen molar-refractivity contribution in [2.45, 2.75) is 5.67 Å². The Labute approximate surface area is 97.3 Å². The minimum atomic E-state index is -2.45. The second-order valence-electron chi connectivity index (χ2n) is 3.50. The molecule has 0 radical (unpaired) electrons. The van der Waals surface area contributed by atoms with E-state index in [0.29, 0.717) is 0 Å². The van der Waals surface area contributed by atoms with E-state index in [0.717, 1.165) is 0 Å². The third-order valence-corrected chi connectivity index (χ3v) is 2.44. The molecular weight excluding hydrogens is 221 g/mol. The van der Waals surface area contributed by atoms with Gasteiger partial charge < -0.3 is 5.73 Å². The number of rotatable bonds is 3. The lowest BCUT2D eigenvalue weighted by Crippen LogP contribution is -2.39. The maximum absolute atomic E-state index is 14.8. The van der Waals surface area contributed by atoms with Crippen molar-refractivity contribution in [2.24, 2.45) is 5.73 Å². The summed E-state index contributed by atoms with van der Waals surface area (Å²) >= 11 is 0. The first-order valence-electron chi connectivity index (χ1n) is 4.98. The lowest BCUT2D eigenvalue weighted by Gasteiger charge is -2.20. The number of amides is 1. The average molecular weight is 231 g/mol. The summed E-state index contributed by atoms with van der Waals surface area (Å²) in [5, 5.41) is 7.18. The number of hydrogen-bond donors (Lipinski definition) is 1. The minimum Gasteiger partial charge on any atom is -0.366 e. The van der Waals surface area contributed by atoms with Crippen LogP contribution in [0.5, 0.6) is 0 Å². The Bertz CT molecular complexity index is 476. The summed E-state index contributed by atoms with van der Waals surface area (Å²) in [6, 6.07) is 10.8. The summed E-state index contributed by atoms with van der Waals surface area (Å²) in [6.45, 7) is 0. The second-order valence-corrected chi connectivity index (χ2v) is 3.50. The van der Waals surface area contributed by atoms with Crippen LogP contribution in [0.1, 0.15) is 11.3 Å². The van der Waals surface area contributed by atoms with Gasteiger partial charge in [-0.3, -0.25) is 4.79 Å². The molecule has 0 aliphatic heterocycles. The SMILES string of the molecule is NC(=O)C(F)(c1ccccc1)c1cccnn1. The highest BCUT2D eigenvalue weighted by molar-refractivity contribution is 5.88. The normalized spacial score (nSPS) is 13.9. The van der Waals surface area contributed by atoms with E-state index in [1.54, 1.807) is 18.2 Å². The number of benzene rings is 1. The van der Waals surface area contributed by atoms with Crippen molar-refractivity contribution >= 4 is 5.91 Å². The first-order valence-corrected chi connectivity index (χ1v) is 4.98. The Morgan fingerprint density at radius 3 is 2.41 bits per heavy atom. The number of halogens is 1. The summed E-state index contributed by atoms with van der Waals surface area (Å²) in [4.78, 5) is 11.4. The van der Waals surface area contributed by atoms with Crippen molar-refractivity contribution in [2.75, 3.05) is 0 Å². The molecule has 1 aromatic heterocycles. The van der Waals surface area contributed by atoms with Crippen LogP contribution in [-0.2, 0) is 10.5 Å². The Morgan fingerprint density at radius 1 is 1.18 bits per heavy atom. The Morgan fingerprint density at radius 2 is 1.88 bits per heavy atom. The molecule has 0 spiro atoms. The van der Waals surface area contributed by atoms with Crippen LogP contribution in [0.2, 0.25) is 0 Å². The van der Waals surface area contributed by atoms with Crippen molar-refractivity contribution in [3.05, 3.63) is 59.9 Å². The molecule has 4 nitrogen and oxygen atoms in total. The third kappa shape index (κ3) is 1.87. The van der Waals surface area contributed by atoms with Crippen molar-refractivity contribution in [1.82, 2.24) is 10.2 Å². The highest BCUT2D eigenvalue weighted by Crippen LogP contribution is 2.31. The average Bonchev–Trinajstić information content (AvgIpc) is 2.39. The van der Waals surface area contributed by atoms with E-state index in [1.165, 1.54) is 30.5 Å². The van der Waals surface area contributed by atoms with Gasteiger partial charge in [-0.1, -0.05) is 30.3 Å². The zero-order valence-electron chi connectivity index (χ0n) is 8.88. The van der Waals surface area contributed by atoms with Gasteiger partial charge in [-0.15, -0.1) is 0 Å². The van der Waals surface area contributed by atoms with E-state index in [-0.39, 0.29) is 11.3 Å². The van der Waals surface area contributed by atoms with Gasteiger partial charge in [0.05, 0.1) is 0 Å². The lowest BCUT2D eigenvalue weighted by atomic mass is 9.91. The van der Waals surface area contributed by atoms with Crippen molar-refractivity contribution < 1.29 is 9.18 Å². The zero-order valence-corrected chi connectivity index (χ0v) is 8.88. The number of nitrogens with two attached hydrogens (primary N) is 1. The molecule has 17 heavy (non-hydrogen) atoms. The minimum absolute atomic E-state index is 0.112. The third-order valence-electron chi connectivity index (χ3n) is 2.44. The van der Waals surface area contributed by atoms with Crippen LogP contribution in [0.15, 0.2) is 48.7 Å². The van der Waals surface area contributed by atoms with E-state index in [2.05, 4.69) is 10.2 Å². The smallest absolute Gasteiger partial charge is 0.266 e. The summed E-state index contributed by atoms with van der Waals surface area (Å²) in [5.41, 5.74) is 2.74. The number of nitrogens with zero attached hydrogens (tertiary/aromatic N) is 2. The maximum Gasteiger partial charge on any atom is 0.266 e. The number of carbonyl (C=O) groups excluding carboxylic acids is 1.